The van der Waals surface area contributed by atoms with Crippen LogP contribution in [0.15, 0.2) is 51.4 Å². The minimum absolute atomic E-state index is 0.0496. The van der Waals surface area contributed by atoms with Crippen LogP contribution < -0.4 is 10.2 Å². The van der Waals surface area contributed by atoms with Crippen molar-refractivity contribution in [3.63, 3.8) is 0 Å². The fourth-order valence-corrected chi connectivity index (χ4v) is 3.55. The van der Waals surface area contributed by atoms with Crippen molar-refractivity contribution in [2.75, 3.05) is 12.0 Å². The van der Waals surface area contributed by atoms with E-state index in [0.717, 1.165) is 18.2 Å². The van der Waals surface area contributed by atoms with Gasteiger partial charge < -0.3 is 9.47 Å². The molecular weight excluding hydrogens is 508 g/mol. The Kier molecular flexibility index (Phi) is 8.01. The highest BCUT2D eigenvalue weighted by Crippen LogP contribution is 2.24. The standard InChI is InChI=1S/C21H16BrF2N3O4S/c1-2-30-18(28)9-14-11-32-21(26-14)27-25-10-12-8-13(22)6-7-17(12)31-20(29)19-15(23)4-3-5-16(19)24/h3-8,10-11H,2,9H2,1H3,(H,26,27). The maximum atomic E-state index is 13.9. The van der Waals surface area contributed by atoms with E-state index in [1.54, 1.807) is 24.4 Å². The van der Waals surface area contributed by atoms with Crippen molar-refractivity contribution in [3.05, 3.63) is 74.7 Å². The Morgan fingerprint density at radius 1 is 1.25 bits per heavy atom. The molecule has 3 aromatic rings. The Bertz CT molecular complexity index is 1150. The predicted molar refractivity (Wildman–Crippen MR) is 119 cm³/mol. The van der Waals surface area contributed by atoms with Crippen LogP contribution >= 0.6 is 27.3 Å². The number of halogens is 3. The fourth-order valence-electron chi connectivity index (χ4n) is 2.51. The van der Waals surface area contributed by atoms with Crippen molar-refractivity contribution in [1.29, 1.82) is 0 Å². The minimum atomic E-state index is -1.17. The molecule has 11 heteroatoms. The highest BCUT2D eigenvalue weighted by Gasteiger charge is 2.20. The lowest BCUT2D eigenvalue weighted by Crippen LogP contribution is -2.14. The number of hydrazone groups is 1. The summed E-state index contributed by atoms with van der Waals surface area (Å²) in [5.74, 6) is -3.54. The molecule has 0 fully saturated rings. The van der Waals surface area contributed by atoms with Gasteiger partial charge >= 0.3 is 11.9 Å². The Morgan fingerprint density at radius 3 is 2.72 bits per heavy atom. The van der Waals surface area contributed by atoms with Crippen molar-refractivity contribution in [2.45, 2.75) is 13.3 Å². The van der Waals surface area contributed by atoms with Crippen LogP contribution in [0.3, 0.4) is 0 Å². The Balaban J connectivity index is 1.72. The van der Waals surface area contributed by atoms with Gasteiger partial charge in [-0.1, -0.05) is 22.0 Å². The van der Waals surface area contributed by atoms with Gasteiger partial charge in [0.25, 0.3) is 0 Å². The van der Waals surface area contributed by atoms with E-state index in [0.29, 0.717) is 27.5 Å². The lowest BCUT2D eigenvalue weighted by atomic mass is 10.2. The zero-order valence-electron chi connectivity index (χ0n) is 16.6. The summed E-state index contributed by atoms with van der Waals surface area (Å²) in [6.45, 7) is 2.02. The van der Waals surface area contributed by atoms with E-state index in [1.165, 1.54) is 23.6 Å². The monoisotopic (exact) mass is 523 g/mol. The van der Waals surface area contributed by atoms with E-state index in [1.807, 2.05) is 0 Å². The number of nitrogens with zero attached hydrogens (tertiary/aromatic N) is 2. The molecule has 0 amide bonds. The van der Waals surface area contributed by atoms with Gasteiger partial charge in [0.15, 0.2) is 0 Å². The molecule has 0 unspecified atom stereocenters. The largest absolute Gasteiger partial charge is 0.466 e. The second-order valence-corrected chi connectivity index (χ2v) is 7.94. The predicted octanol–water partition coefficient (Wildman–Crippen LogP) is 4.95. The van der Waals surface area contributed by atoms with Crippen molar-refractivity contribution in [3.8, 4) is 5.75 Å². The summed E-state index contributed by atoms with van der Waals surface area (Å²) in [7, 11) is 0. The van der Waals surface area contributed by atoms with Crippen LogP contribution in [0.4, 0.5) is 13.9 Å². The number of carbonyl (C=O) groups excluding carboxylic acids is 2. The molecule has 0 aliphatic carbocycles. The third-order valence-electron chi connectivity index (χ3n) is 3.89. The Hall–Kier alpha value is -3.18. The number of carbonyl (C=O) groups is 2. The summed E-state index contributed by atoms with van der Waals surface area (Å²) in [4.78, 5) is 28.1. The number of thiazole rings is 1. The first-order chi connectivity index (χ1) is 15.4. The number of hydrogen-bond donors (Lipinski definition) is 1. The first-order valence-corrected chi connectivity index (χ1v) is 10.9. The molecule has 0 aliphatic rings. The van der Waals surface area contributed by atoms with Crippen LogP contribution in [0.25, 0.3) is 0 Å². The Morgan fingerprint density at radius 2 is 2.00 bits per heavy atom. The zero-order chi connectivity index (χ0) is 23.1. The summed E-state index contributed by atoms with van der Waals surface area (Å²) in [5, 5.41) is 6.19. The fraction of sp³-hybridized carbons (Fsp3) is 0.143. The number of rotatable bonds is 8. The number of hydrogen-bond acceptors (Lipinski definition) is 8. The van der Waals surface area contributed by atoms with Crippen molar-refractivity contribution < 1.29 is 27.8 Å². The lowest BCUT2D eigenvalue weighted by molar-refractivity contribution is -0.142. The van der Waals surface area contributed by atoms with E-state index < -0.39 is 23.2 Å². The molecule has 1 aromatic heterocycles. The summed E-state index contributed by atoms with van der Waals surface area (Å²) in [6.07, 6.45) is 1.41. The first-order valence-electron chi connectivity index (χ1n) is 9.22. The van der Waals surface area contributed by atoms with E-state index in [9.17, 15) is 18.4 Å². The third-order valence-corrected chi connectivity index (χ3v) is 5.18. The van der Waals surface area contributed by atoms with Crippen LogP contribution in [-0.4, -0.2) is 29.7 Å². The molecule has 0 saturated carbocycles. The Labute approximate surface area is 194 Å². The number of aromatic nitrogens is 1. The van der Waals surface area contributed by atoms with Crippen LogP contribution in [0.1, 0.15) is 28.5 Å². The van der Waals surface area contributed by atoms with Gasteiger partial charge in [0.1, 0.15) is 22.9 Å². The van der Waals surface area contributed by atoms with Gasteiger partial charge in [0.2, 0.25) is 5.13 Å². The molecule has 1 heterocycles. The molecule has 0 aliphatic heterocycles. The molecule has 0 spiro atoms. The number of anilines is 1. The molecule has 0 radical (unpaired) electrons. The molecule has 3 rings (SSSR count). The van der Waals surface area contributed by atoms with Crippen molar-refractivity contribution >= 4 is 50.6 Å². The van der Waals surface area contributed by atoms with Gasteiger partial charge in [-0.15, -0.1) is 11.3 Å². The highest BCUT2D eigenvalue weighted by molar-refractivity contribution is 9.10. The van der Waals surface area contributed by atoms with E-state index in [4.69, 9.17) is 9.47 Å². The second kappa shape index (κ2) is 10.9. The smallest absolute Gasteiger partial charge is 0.349 e. The minimum Gasteiger partial charge on any atom is -0.466 e. The van der Waals surface area contributed by atoms with Gasteiger partial charge in [0, 0.05) is 15.4 Å². The topological polar surface area (TPSA) is 89.9 Å². The highest BCUT2D eigenvalue weighted by atomic mass is 79.9. The van der Waals surface area contributed by atoms with Gasteiger partial charge in [-0.05, 0) is 37.3 Å². The molecule has 2 aromatic carbocycles. The molecule has 0 bridgehead atoms. The maximum absolute atomic E-state index is 13.9. The third kappa shape index (κ3) is 6.17. The summed E-state index contributed by atoms with van der Waals surface area (Å²) in [5.41, 5.74) is 2.83. The zero-order valence-corrected chi connectivity index (χ0v) is 19.0. The van der Waals surface area contributed by atoms with Crippen LogP contribution in [0.2, 0.25) is 0 Å². The van der Waals surface area contributed by atoms with Gasteiger partial charge in [-0.2, -0.15) is 5.10 Å². The molecule has 0 atom stereocenters. The first kappa shape index (κ1) is 23.5. The lowest BCUT2D eigenvalue weighted by Gasteiger charge is -2.09. The average molecular weight is 524 g/mol. The van der Waals surface area contributed by atoms with Gasteiger partial charge in [-0.25, -0.2) is 18.6 Å². The van der Waals surface area contributed by atoms with E-state index in [-0.39, 0.29) is 18.1 Å². The molecular formula is C21H16BrF2N3O4S. The van der Waals surface area contributed by atoms with Crippen molar-refractivity contribution in [2.24, 2.45) is 5.10 Å². The number of nitrogens with one attached hydrogen (secondary N) is 1. The molecule has 32 heavy (non-hydrogen) atoms. The quantitative estimate of drug-likeness (QED) is 0.194. The second-order valence-electron chi connectivity index (χ2n) is 6.16. The number of ether oxygens (including phenoxy) is 2. The van der Waals surface area contributed by atoms with Crippen molar-refractivity contribution in [1.82, 2.24) is 4.98 Å². The van der Waals surface area contributed by atoms with Crippen LogP contribution in [0.5, 0.6) is 5.75 Å². The molecule has 0 saturated heterocycles. The van der Waals surface area contributed by atoms with Gasteiger partial charge in [-0.3, -0.25) is 10.2 Å². The summed E-state index contributed by atoms with van der Waals surface area (Å²) in [6, 6.07) is 7.77. The molecule has 166 valence electrons. The van der Waals surface area contributed by atoms with Crippen LogP contribution in [-0.2, 0) is 16.0 Å². The summed E-state index contributed by atoms with van der Waals surface area (Å²) < 4.78 is 38.5. The van der Waals surface area contributed by atoms with E-state index in [2.05, 4.69) is 31.4 Å². The maximum Gasteiger partial charge on any atom is 0.349 e. The average Bonchev–Trinajstić information content (AvgIpc) is 3.17. The van der Waals surface area contributed by atoms with E-state index >= 15 is 0 Å². The normalized spacial score (nSPS) is 10.9. The number of esters is 2. The molecule has 1 N–H and O–H groups in total. The van der Waals surface area contributed by atoms with Gasteiger partial charge in [0.05, 0.1) is 24.9 Å². The molecule has 7 nitrogen and oxygen atoms in total. The SMILES string of the molecule is CCOC(=O)Cc1csc(NN=Cc2cc(Br)ccc2OC(=O)c2c(F)cccc2F)n1. The number of benzene rings is 2. The summed E-state index contributed by atoms with van der Waals surface area (Å²) >= 11 is 4.55. The van der Waals surface area contributed by atoms with Crippen LogP contribution in [0, 0.1) is 11.6 Å².